The van der Waals surface area contributed by atoms with Crippen molar-refractivity contribution < 1.29 is 8.42 Å². The van der Waals surface area contributed by atoms with E-state index in [9.17, 15) is 8.42 Å². The number of nitrogens with zero attached hydrogens (tertiary/aromatic N) is 3. The van der Waals surface area contributed by atoms with Crippen LogP contribution in [-0.2, 0) is 10.0 Å². The van der Waals surface area contributed by atoms with Crippen molar-refractivity contribution in [2.24, 2.45) is 0 Å². The minimum Gasteiger partial charge on any atom is -0.371 e. The number of hydrogen-bond acceptors (Lipinski definition) is 4. The van der Waals surface area contributed by atoms with Crippen molar-refractivity contribution in [3.05, 3.63) is 35.5 Å². The second-order valence-electron chi connectivity index (χ2n) is 6.18. The zero-order chi connectivity index (χ0) is 17.3. The molecule has 5 nitrogen and oxygen atoms in total. The molecule has 3 rings (SSSR count). The van der Waals surface area contributed by atoms with Crippen LogP contribution >= 0.6 is 11.6 Å². The van der Waals surface area contributed by atoms with Crippen LogP contribution < -0.4 is 4.90 Å². The molecule has 0 aliphatic carbocycles. The molecule has 7 heteroatoms. The fraction of sp³-hybridized carbons (Fsp3) is 0.471. The Labute approximate surface area is 148 Å². The molecular weight excluding hydrogens is 346 g/mol. The molecule has 0 atom stereocenters. The van der Waals surface area contributed by atoms with E-state index in [1.54, 1.807) is 4.31 Å². The van der Waals surface area contributed by atoms with Crippen LogP contribution in [0.15, 0.2) is 30.5 Å². The van der Waals surface area contributed by atoms with E-state index in [-0.39, 0.29) is 6.04 Å². The van der Waals surface area contributed by atoms with E-state index in [2.05, 4.69) is 9.88 Å². The number of halogens is 1. The Morgan fingerprint density at radius 2 is 2.00 bits per heavy atom. The normalized spacial score (nSPS) is 16.9. The number of piperidine rings is 1. The van der Waals surface area contributed by atoms with E-state index < -0.39 is 10.0 Å². The zero-order valence-corrected chi connectivity index (χ0v) is 15.5. The summed E-state index contributed by atoms with van der Waals surface area (Å²) in [5.41, 5.74) is 2.04. The minimum absolute atomic E-state index is 0.0814. The third-order valence-electron chi connectivity index (χ3n) is 4.63. The molecule has 1 saturated heterocycles. The van der Waals surface area contributed by atoms with Gasteiger partial charge in [0.25, 0.3) is 0 Å². The van der Waals surface area contributed by atoms with Gasteiger partial charge < -0.3 is 4.90 Å². The minimum atomic E-state index is -3.15. The predicted molar refractivity (Wildman–Crippen MR) is 99.2 cm³/mol. The van der Waals surface area contributed by atoms with Crippen LogP contribution in [0.1, 0.15) is 19.8 Å². The van der Waals surface area contributed by atoms with Gasteiger partial charge in [0.2, 0.25) is 10.0 Å². The number of rotatable bonds is 4. The van der Waals surface area contributed by atoms with Gasteiger partial charge in [-0.05, 0) is 37.1 Å². The lowest BCUT2D eigenvalue weighted by molar-refractivity contribution is 0.285. The number of fused-ring (bicyclic) bond motifs is 1. The van der Waals surface area contributed by atoms with E-state index >= 15 is 0 Å². The van der Waals surface area contributed by atoms with Gasteiger partial charge in [-0.3, -0.25) is 4.98 Å². The lowest BCUT2D eigenvalue weighted by Crippen LogP contribution is -2.47. The highest BCUT2D eigenvalue weighted by atomic mass is 35.5. The average Bonchev–Trinajstić information content (AvgIpc) is 2.54. The Balaban J connectivity index is 1.82. The number of hydrogen-bond donors (Lipinski definition) is 0. The summed E-state index contributed by atoms with van der Waals surface area (Å²) in [6.45, 7) is 4.06. The van der Waals surface area contributed by atoms with Gasteiger partial charge in [0.05, 0.1) is 11.8 Å². The SMILES string of the molecule is CCN(C1CCN(c2ccnc3ccc(Cl)cc23)CC1)S(C)(=O)=O. The molecule has 2 aromatic rings. The van der Waals surface area contributed by atoms with E-state index in [1.807, 2.05) is 37.4 Å². The van der Waals surface area contributed by atoms with Gasteiger partial charge in [-0.2, -0.15) is 4.31 Å². The number of sulfonamides is 1. The van der Waals surface area contributed by atoms with Crippen molar-refractivity contribution in [1.82, 2.24) is 9.29 Å². The number of anilines is 1. The van der Waals surface area contributed by atoms with E-state index in [1.165, 1.54) is 6.26 Å². The van der Waals surface area contributed by atoms with E-state index in [4.69, 9.17) is 11.6 Å². The van der Waals surface area contributed by atoms with Crippen LogP contribution in [0.3, 0.4) is 0 Å². The van der Waals surface area contributed by atoms with Crippen molar-refractivity contribution in [2.75, 3.05) is 30.8 Å². The van der Waals surface area contributed by atoms with Crippen LogP contribution in [0, 0.1) is 0 Å². The number of aromatic nitrogens is 1. The van der Waals surface area contributed by atoms with Gasteiger partial charge in [-0.25, -0.2) is 8.42 Å². The van der Waals surface area contributed by atoms with Crippen molar-refractivity contribution in [2.45, 2.75) is 25.8 Å². The van der Waals surface area contributed by atoms with Crippen molar-refractivity contribution in [3.8, 4) is 0 Å². The fourth-order valence-electron chi connectivity index (χ4n) is 3.54. The first kappa shape index (κ1) is 17.5. The Bertz CT molecular complexity index is 833. The quantitative estimate of drug-likeness (QED) is 0.833. The largest absolute Gasteiger partial charge is 0.371 e. The van der Waals surface area contributed by atoms with Crippen LogP contribution in [0.5, 0.6) is 0 Å². The maximum atomic E-state index is 11.9. The highest BCUT2D eigenvalue weighted by Crippen LogP contribution is 2.30. The zero-order valence-electron chi connectivity index (χ0n) is 13.9. The second kappa shape index (κ2) is 6.86. The highest BCUT2D eigenvalue weighted by Gasteiger charge is 2.29. The smallest absolute Gasteiger partial charge is 0.211 e. The standard InChI is InChI=1S/C17H22ClN3O2S/c1-3-21(24(2,22)23)14-7-10-20(11-8-14)17-6-9-19-16-5-4-13(18)12-15(16)17/h4-6,9,12,14H,3,7-8,10-11H2,1-2H3. The molecule has 0 unspecified atom stereocenters. The summed E-state index contributed by atoms with van der Waals surface area (Å²) in [6, 6.07) is 7.81. The Morgan fingerprint density at radius 1 is 1.29 bits per heavy atom. The van der Waals surface area contributed by atoms with Gasteiger partial charge in [0.1, 0.15) is 0 Å². The van der Waals surface area contributed by atoms with E-state index in [0.29, 0.717) is 11.6 Å². The number of pyridine rings is 1. The van der Waals surface area contributed by atoms with Crippen LogP contribution in [-0.4, -0.2) is 49.6 Å². The number of benzene rings is 1. The topological polar surface area (TPSA) is 53.5 Å². The second-order valence-corrected chi connectivity index (χ2v) is 8.55. The molecule has 0 N–H and O–H groups in total. The molecule has 1 aromatic carbocycles. The maximum Gasteiger partial charge on any atom is 0.211 e. The van der Waals surface area contributed by atoms with Crippen molar-refractivity contribution in [3.63, 3.8) is 0 Å². The molecule has 0 amide bonds. The third kappa shape index (κ3) is 3.50. The Morgan fingerprint density at radius 3 is 2.62 bits per heavy atom. The monoisotopic (exact) mass is 367 g/mol. The summed E-state index contributed by atoms with van der Waals surface area (Å²) >= 11 is 6.14. The van der Waals surface area contributed by atoms with E-state index in [0.717, 1.165) is 42.5 Å². The maximum absolute atomic E-state index is 11.9. The van der Waals surface area contributed by atoms with Crippen LogP contribution in [0.2, 0.25) is 5.02 Å². The molecule has 1 aromatic heterocycles. The van der Waals surface area contributed by atoms with Crippen molar-refractivity contribution >= 4 is 38.2 Å². The van der Waals surface area contributed by atoms with Gasteiger partial charge >= 0.3 is 0 Å². The van der Waals surface area contributed by atoms with Crippen LogP contribution in [0.4, 0.5) is 5.69 Å². The molecule has 1 fully saturated rings. The van der Waals surface area contributed by atoms with Gasteiger partial charge in [-0.1, -0.05) is 18.5 Å². The summed E-state index contributed by atoms with van der Waals surface area (Å²) in [5.74, 6) is 0. The van der Waals surface area contributed by atoms with Crippen LogP contribution in [0.25, 0.3) is 10.9 Å². The molecule has 0 radical (unpaired) electrons. The molecule has 24 heavy (non-hydrogen) atoms. The molecule has 1 aliphatic heterocycles. The summed E-state index contributed by atoms with van der Waals surface area (Å²) in [6.07, 6.45) is 4.75. The Kier molecular flexibility index (Phi) is 4.99. The van der Waals surface area contributed by atoms with Gasteiger partial charge in [-0.15, -0.1) is 0 Å². The first-order valence-corrected chi connectivity index (χ1v) is 10.4. The molecule has 130 valence electrons. The fourth-order valence-corrected chi connectivity index (χ4v) is 4.93. The highest BCUT2D eigenvalue weighted by molar-refractivity contribution is 7.88. The first-order chi connectivity index (χ1) is 11.4. The molecule has 0 saturated carbocycles. The molecule has 0 bridgehead atoms. The summed E-state index contributed by atoms with van der Waals surface area (Å²) in [4.78, 5) is 6.69. The summed E-state index contributed by atoms with van der Waals surface area (Å²) < 4.78 is 25.4. The molecular formula is C17H22ClN3O2S. The Hall–Kier alpha value is -1.37. The van der Waals surface area contributed by atoms with Crippen molar-refractivity contribution in [1.29, 1.82) is 0 Å². The van der Waals surface area contributed by atoms with Gasteiger partial charge in [0, 0.05) is 48.0 Å². The predicted octanol–water partition coefficient (Wildman–Crippen LogP) is 3.14. The van der Waals surface area contributed by atoms with Gasteiger partial charge in [0.15, 0.2) is 0 Å². The summed E-state index contributed by atoms with van der Waals surface area (Å²) in [5, 5.41) is 1.74. The average molecular weight is 368 g/mol. The molecule has 2 heterocycles. The third-order valence-corrected chi connectivity index (χ3v) is 6.27. The molecule has 0 spiro atoms. The summed E-state index contributed by atoms with van der Waals surface area (Å²) in [7, 11) is -3.15. The first-order valence-electron chi connectivity index (χ1n) is 8.16. The lowest BCUT2D eigenvalue weighted by Gasteiger charge is -2.38. The lowest BCUT2D eigenvalue weighted by atomic mass is 10.0. The molecule has 1 aliphatic rings.